The molecular weight excluding hydrogens is 334 g/mol. The van der Waals surface area contributed by atoms with Gasteiger partial charge in [0.05, 0.1) is 12.5 Å². The van der Waals surface area contributed by atoms with Gasteiger partial charge in [-0.25, -0.2) is 15.0 Å². The van der Waals surface area contributed by atoms with Crippen LogP contribution in [0.5, 0.6) is 0 Å². The van der Waals surface area contributed by atoms with E-state index in [9.17, 15) is 18.9 Å². The second-order valence-corrected chi connectivity index (χ2v) is 7.73. The average Bonchev–Trinajstić information content (AvgIpc) is 2.68. The molecule has 13 heteroatoms. The molecular formula is C7H9ClN4O6P2. The van der Waals surface area contributed by atoms with Crippen molar-refractivity contribution >= 4 is 38.0 Å². The van der Waals surface area contributed by atoms with E-state index >= 15 is 0 Å². The van der Waals surface area contributed by atoms with Crippen molar-refractivity contribution in [2.24, 2.45) is 0 Å². The van der Waals surface area contributed by atoms with Crippen molar-refractivity contribution in [3.8, 4) is 0 Å². The van der Waals surface area contributed by atoms with Gasteiger partial charge in [-0.15, -0.1) is 0 Å². The molecule has 0 fully saturated rings. The van der Waals surface area contributed by atoms with E-state index in [1.165, 1.54) is 0 Å². The summed E-state index contributed by atoms with van der Waals surface area (Å²) in [5, 5.41) is -0.0330. The number of aromatic nitrogens is 4. The molecule has 0 aromatic carbocycles. The third kappa shape index (κ3) is 3.24. The first-order chi connectivity index (χ1) is 9.09. The Labute approximate surface area is 116 Å². The molecule has 2 aromatic heterocycles. The van der Waals surface area contributed by atoms with Gasteiger partial charge < -0.3 is 19.6 Å². The molecule has 0 radical (unpaired) electrons. The number of hydrogen-bond donors (Lipinski definition) is 4. The van der Waals surface area contributed by atoms with Crippen molar-refractivity contribution in [3.63, 3.8) is 0 Å². The van der Waals surface area contributed by atoms with Crippen molar-refractivity contribution in [1.82, 2.24) is 19.5 Å². The van der Waals surface area contributed by atoms with Crippen LogP contribution < -0.4 is 0 Å². The summed E-state index contributed by atoms with van der Waals surface area (Å²) in [4.78, 5) is 47.7. The summed E-state index contributed by atoms with van der Waals surface area (Å²) in [6.07, 6.45) is 1.01. The number of fused-ring (bicyclic) bond motifs is 1. The minimum Gasteiger partial charge on any atom is -0.324 e. The summed E-state index contributed by atoms with van der Waals surface area (Å²) >= 11 is 5.75. The number of halogens is 1. The van der Waals surface area contributed by atoms with Gasteiger partial charge in [-0.2, -0.15) is 0 Å². The molecule has 0 bridgehead atoms. The SMILES string of the molecule is O=P(O)(O)CC(n1cnc2c(Cl)ncnc21)P(=O)(O)O. The molecule has 0 amide bonds. The van der Waals surface area contributed by atoms with E-state index in [4.69, 9.17) is 21.4 Å². The second kappa shape index (κ2) is 5.16. The molecule has 2 rings (SSSR count). The predicted octanol–water partition coefficient (Wildman–Crippen LogP) is 0.334. The van der Waals surface area contributed by atoms with Crippen LogP contribution in [0.1, 0.15) is 5.78 Å². The van der Waals surface area contributed by atoms with Crippen molar-refractivity contribution in [2.45, 2.75) is 5.78 Å². The van der Waals surface area contributed by atoms with Crippen LogP contribution in [-0.2, 0) is 9.13 Å². The molecule has 10 nitrogen and oxygen atoms in total. The third-order valence-corrected chi connectivity index (χ3v) is 5.02. The van der Waals surface area contributed by atoms with Crippen molar-refractivity contribution in [1.29, 1.82) is 0 Å². The Bertz CT molecular complexity index is 738. The summed E-state index contributed by atoms with van der Waals surface area (Å²) in [6, 6.07) is 0. The predicted molar refractivity (Wildman–Crippen MR) is 68.3 cm³/mol. The van der Waals surface area contributed by atoms with Crippen LogP contribution >= 0.6 is 26.8 Å². The number of imidazole rings is 1. The Hall–Kier alpha value is -0.860. The first kappa shape index (κ1) is 15.5. The summed E-state index contributed by atoms with van der Waals surface area (Å²) < 4.78 is 23.4. The van der Waals surface area contributed by atoms with Crippen LogP contribution in [0.4, 0.5) is 0 Å². The van der Waals surface area contributed by atoms with Crippen LogP contribution in [0.25, 0.3) is 11.2 Å². The average molecular weight is 343 g/mol. The molecule has 2 aromatic rings. The first-order valence-electron chi connectivity index (χ1n) is 5.02. The standard InChI is InChI=1S/C7H9ClN4O6P2/c8-6-5-7(10-2-9-6)12(3-11-5)4(20(16,17)18)1-19(13,14)15/h2-4H,1H2,(H2,13,14,15)(H2,16,17,18). The van der Waals surface area contributed by atoms with E-state index in [-0.39, 0.29) is 16.3 Å². The fraction of sp³-hybridized carbons (Fsp3) is 0.286. The lowest BCUT2D eigenvalue weighted by Gasteiger charge is -2.20. The Kier molecular flexibility index (Phi) is 4.01. The third-order valence-electron chi connectivity index (χ3n) is 2.42. The highest BCUT2D eigenvalue weighted by atomic mass is 35.5. The smallest absolute Gasteiger partial charge is 0.324 e. The van der Waals surface area contributed by atoms with E-state index in [2.05, 4.69) is 15.0 Å². The molecule has 0 aliphatic heterocycles. The molecule has 1 atom stereocenters. The highest BCUT2D eigenvalue weighted by molar-refractivity contribution is 7.56. The van der Waals surface area contributed by atoms with Gasteiger partial charge in [-0.05, 0) is 0 Å². The van der Waals surface area contributed by atoms with Crippen LogP contribution in [0.3, 0.4) is 0 Å². The maximum absolute atomic E-state index is 11.5. The second-order valence-electron chi connectivity index (χ2n) is 3.91. The summed E-state index contributed by atoms with van der Waals surface area (Å²) in [5.41, 5.74) is 0.0603. The van der Waals surface area contributed by atoms with Crippen LogP contribution in [0, 0.1) is 0 Å². The lowest BCUT2D eigenvalue weighted by Crippen LogP contribution is -2.14. The highest BCUT2D eigenvalue weighted by Gasteiger charge is 2.37. The molecule has 110 valence electrons. The van der Waals surface area contributed by atoms with Crippen molar-refractivity contribution < 1.29 is 28.7 Å². The van der Waals surface area contributed by atoms with Gasteiger partial charge in [0.2, 0.25) is 0 Å². The number of nitrogens with zero attached hydrogens (tertiary/aromatic N) is 4. The van der Waals surface area contributed by atoms with Gasteiger partial charge in [0.15, 0.2) is 10.8 Å². The van der Waals surface area contributed by atoms with Gasteiger partial charge in [0.1, 0.15) is 17.6 Å². The molecule has 0 spiro atoms. The van der Waals surface area contributed by atoms with E-state index in [0.717, 1.165) is 17.2 Å². The van der Waals surface area contributed by atoms with E-state index in [1.807, 2.05) is 0 Å². The van der Waals surface area contributed by atoms with Gasteiger partial charge in [0, 0.05) is 0 Å². The van der Waals surface area contributed by atoms with Gasteiger partial charge in [0.25, 0.3) is 0 Å². The van der Waals surface area contributed by atoms with Crippen molar-refractivity contribution in [3.05, 3.63) is 17.8 Å². The summed E-state index contributed by atoms with van der Waals surface area (Å²) in [5.74, 6) is -1.79. The monoisotopic (exact) mass is 342 g/mol. The van der Waals surface area contributed by atoms with Crippen LogP contribution in [-0.4, -0.2) is 45.3 Å². The fourth-order valence-corrected chi connectivity index (χ4v) is 4.37. The topological polar surface area (TPSA) is 159 Å². The minimum absolute atomic E-state index is 0.0215. The molecule has 20 heavy (non-hydrogen) atoms. The molecule has 1 unspecified atom stereocenters. The first-order valence-corrected chi connectivity index (χ1v) is 8.88. The zero-order chi connectivity index (χ0) is 15.1. The molecule has 0 aliphatic rings. The van der Waals surface area contributed by atoms with Crippen LogP contribution in [0.15, 0.2) is 12.7 Å². The Morgan fingerprint density at radius 3 is 2.40 bits per heavy atom. The Balaban J connectivity index is 2.61. The van der Waals surface area contributed by atoms with Gasteiger partial charge in [-0.1, -0.05) is 11.6 Å². The molecule has 0 saturated heterocycles. The Morgan fingerprint density at radius 2 is 1.85 bits per heavy atom. The quantitative estimate of drug-likeness (QED) is 0.453. The molecule has 0 saturated carbocycles. The number of rotatable bonds is 4. The van der Waals surface area contributed by atoms with E-state index in [1.54, 1.807) is 0 Å². The molecule has 2 heterocycles. The maximum Gasteiger partial charge on any atom is 0.348 e. The summed E-state index contributed by atoms with van der Waals surface area (Å²) in [6.45, 7) is 0. The minimum atomic E-state index is -4.85. The highest BCUT2D eigenvalue weighted by Crippen LogP contribution is 2.55. The van der Waals surface area contributed by atoms with Crippen LogP contribution in [0.2, 0.25) is 5.15 Å². The normalized spacial score (nSPS) is 14.7. The largest absolute Gasteiger partial charge is 0.348 e. The Morgan fingerprint density at radius 1 is 1.20 bits per heavy atom. The molecule has 0 aliphatic carbocycles. The van der Waals surface area contributed by atoms with Crippen molar-refractivity contribution in [2.75, 3.05) is 6.16 Å². The number of hydrogen-bond acceptors (Lipinski definition) is 5. The van der Waals surface area contributed by atoms with E-state index in [0.29, 0.717) is 0 Å². The fourth-order valence-electron chi connectivity index (χ4n) is 1.61. The van der Waals surface area contributed by atoms with E-state index < -0.39 is 27.1 Å². The van der Waals surface area contributed by atoms with Gasteiger partial charge >= 0.3 is 15.2 Å². The zero-order valence-corrected chi connectivity index (χ0v) is 12.2. The zero-order valence-electron chi connectivity index (χ0n) is 9.61. The molecule has 4 N–H and O–H groups in total. The lowest BCUT2D eigenvalue weighted by atomic mass is 10.5. The van der Waals surface area contributed by atoms with Gasteiger partial charge in [-0.3, -0.25) is 13.7 Å². The summed E-state index contributed by atoms with van der Waals surface area (Å²) in [7, 11) is -9.52. The maximum atomic E-state index is 11.5. The lowest BCUT2D eigenvalue weighted by molar-refractivity contribution is 0.332.